The van der Waals surface area contributed by atoms with E-state index >= 15 is 0 Å². The van der Waals surface area contributed by atoms with E-state index in [0.717, 1.165) is 44.9 Å². The molecule has 0 rings (SSSR count). The van der Waals surface area contributed by atoms with Crippen molar-refractivity contribution in [2.75, 3.05) is 6.61 Å². The minimum atomic E-state index is -1.16. The van der Waals surface area contributed by atoms with Gasteiger partial charge in [-0.15, -0.1) is 0 Å². The Hall–Kier alpha value is -1.17. The minimum absolute atomic E-state index is 0.152. The van der Waals surface area contributed by atoms with E-state index in [0.29, 0.717) is 12.8 Å². The smallest absolute Gasteiger partial charge is 0.220 e. The number of allylic oxidation sites excluding steroid dienone is 4. The summed E-state index contributed by atoms with van der Waals surface area (Å²) in [5.41, 5.74) is 0. The Kier molecular flexibility index (Phi) is 50.5. The van der Waals surface area contributed by atoms with Gasteiger partial charge in [0.2, 0.25) is 5.91 Å². The van der Waals surface area contributed by atoms with Crippen LogP contribution < -0.4 is 5.32 Å². The predicted molar refractivity (Wildman–Crippen MR) is 268 cm³/mol. The highest BCUT2D eigenvalue weighted by molar-refractivity contribution is 5.76. The normalized spacial score (nSPS) is 13.5. The number of amides is 1. The molecule has 5 heteroatoms. The molecule has 0 saturated carbocycles. The number of unbranched alkanes of at least 4 members (excludes halogenated alkanes) is 39. The second-order valence-corrected chi connectivity index (χ2v) is 19.1. The third-order valence-electron chi connectivity index (χ3n) is 13.0. The van der Waals surface area contributed by atoms with E-state index in [9.17, 15) is 20.1 Å². The Bertz CT molecular complexity index is 905. The van der Waals surface area contributed by atoms with Crippen LogP contribution in [0.1, 0.15) is 303 Å². The van der Waals surface area contributed by atoms with Crippen LogP contribution in [-0.2, 0) is 4.79 Å². The maximum Gasteiger partial charge on any atom is 0.220 e. The lowest BCUT2D eigenvalue weighted by Gasteiger charge is -2.26. The summed E-state index contributed by atoms with van der Waals surface area (Å²) >= 11 is 0. The molecular formula is C56H109NO4. The van der Waals surface area contributed by atoms with Crippen molar-refractivity contribution < 1.29 is 20.1 Å². The van der Waals surface area contributed by atoms with E-state index in [2.05, 4.69) is 43.5 Å². The summed E-state index contributed by atoms with van der Waals surface area (Å²) < 4.78 is 0. The zero-order valence-electron chi connectivity index (χ0n) is 41.3. The van der Waals surface area contributed by atoms with Crippen molar-refractivity contribution in [2.24, 2.45) is 0 Å². The van der Waals surface area contributed by atoms with E-state index in [4.69, 9.17) is 0 Å². The van der Waals surface area contributed by atoms with E-state index in [1.165, 1.54) is 231 Å². The number of hydrogen-bond donors (Lipinski definition) is 4. The van der Waals surface area contributed by atoms with Gasteiger partial charge in [-0.25, -0.2) is 0 Å². The second-order valence-electron chi connectivity index (χ2n) is 19.1. The molecule has 0 aliphatic rings. The van der Waals surface area contributed by atoms with Gasteiger partial charge in [0.05, 0.1) is 18.8 Å². The number of rotatable bonds is 51. The molecule has 0 heterocycles. The van der Waals surface area contributed by atoms with Gasteiger partial charge in [-0.3, -0.25) is 4.79 Å². The standard InChI is InChI=1S/C56H109NO4/c1-3-5-7-9-11-13-15-17-19-21-23-25-27-29-30-32-34-36-38-40-42-44-46-48-50-54(59)56(61)53(52-58)57-55(60)51-49-47-45-43-41-39-37-35-33-31-28-26-24-22-20-18-16-14-12-10-8-6-4-2/h34,36,42,44,53-54,56,58-59,61H,3-33,35,37-41,43,45-52H2,1-2H3,(H,57,60)/b36-34+,44-42+. The maximum absolute atomic E-state index is 12.5. The Labute approximate surface area is 382 Å². The number of nitrogens with one attached hydrogen (secondary N) is 1. The SMILES string of the molecule is CCCCCCCCCCCCCCCCC/C=C/CC/C=C/CCCC(O)C(O)C(CO)NC(=O)CCCCCCCCCCCCCCCCCCCCCCCCC. The molecule has 3 atom stereocenters. The Morgan fingerprint density at radius 1 is 0.393 bits per heavy atom. The van der Waals surface area contributed by atoms with Gasteiger partial charge in [0.25, 0.3) is 0 Å². The molecule has 0 aromatic heterocycles. The minimum Gasteiger partial charge on any atom is -0.394 e. The summed E-state index contributed by atoms with van der Waals surface area (Å²) in [4.78, 5) is 12.5. The van der Waals surface area contributed by atoms with Gasteiger partial charge >= 0.3 is 0 Å². The van der Waals surface area contributed by atoms with Crippen LogP contribution in [0.3, 0.4) is 0 Å². The first kappa shape index (κ1) is 59.8. The van der Waals surface area contributed by atoms with E-state index in [1.807, 2.05) is 0 Å². The summed E-state index contributed by atoms with van der Waals surface area (Å²) in [7, 11) is 0. The van der Waals surface area contributed by atoms with Crippen LogP contribution in [0, 0.1) is 0 Å². The first-order valence-corrected chi connectivity index (χ1v) is 27.6. The van der Waals surface area contributed by atoms with Crippen LogP contribution in [0.5, 0.6) is 0 Å². The summed E-state index contributed by atoms with van der Waals surface area (Å²) in [5, 5.41) is 33.7. The molecule has 0 fully saturated rings. The van der Waals surface area contributed by atoms with Crippen LogP contribution in [0.4, 0.5) is 0 Å². The lowest BCUT2D eigenvalue weighted by molar-refractivity contribution is -0.124. The Morgan fingerprint density at radius 2 is 0.672 bits per heavy atom. The van der Waals surface area contributed by atoms with Crippen LogP contribution in [0.15, 0.2) is 24.3 Å². The number of carbonyl (C=O) groups is 1. The molecule has 0 aliphatic carbocycles. The molecule has 4 N–H and O–H groups in total. The van der Waals surface area contributed by atoms with Crippen LogP contribution >= 0.6 is 0 Å². The van der Waals surface area contributed by atoms with Crippen molar-refractivity contribution in [3.8, 4) is 0 Å². The number of carbonyl (C=O) groups excluding carboxylic acids is 1. The fourth-order valence-electron chi connectivity index (χ4n) is 8.77. The molecule has 0 saturated heterocycles. The molecule has 362 valence electrons. The largest absolute Gasteiger partial charge is 0.394 e. The lowest BCUT2D eigenvalue weighted by atomic mass is 10.0. The zero-order chi connectivity index (χ0) is 44.4. The third-order valence-corrected chi connectivity index (χ3v) is 13.0. The summed E-state index contributed by atoms with van der Waals surface area (Å²) in [6.07, 6.45) is 64.7. The highest BCUT2D eigenvalue weighted by Gasteiger charge is 2.26. The maximum atomic E-state index is 12.5. The summed E-state index contributed by atoms with van der Waals surface area (Å²) in [6.45, 7) is 4.20. The van der Waals surface area contributed by atoms with Crippen LogP contribution in [0.2, 0.25) is 0 Å². The topological polar surface area (TPSA) is 89.8 Å². The Morgan fingerprint density at radius 3 is 1.00 bits per heavy atom. The van der Waals surface area contributed by atoms with E-state index in [1.54, 1.807) is 0 Å². The van der Waals surface area contributed by atoms with Crippen molar-refractivity contribution in [2.45, 2.75) is 321 Å². The van der Waals surface area contributed by atoms with Crippen molar-refractivity contribution in [3.63, 3.8) is 0 Å². The molecule has 0 aromatic rings. The van der Waals surface area contributed by atoms with Gasteiger partial charge in [0.1, 0.15) is 6.10 Å². The fraction of sp³-hybridized carbons (Fsp3) is 0.911. The third kappa shape index (κ3) is 46.6. The molecule has 0 bridgehead atoms. The van der Waals surface area contributed by atoms with Gasteiger partial charge in [-0.1, -0.05) is 269 Å². The molecule has 5 nitrogen and oxygen atoms in total. The van der Waals surface area contributed by atoms with Crippen molar-refractivity contribution in [1.29, 1.82) is 0 Å². The van der Waals surface area contributed by atoms with Crippen molar-refractivity contribution in [3.05, 3.63) is 24.3 Å². The van der Waals surface area contributed by atoms with Crippen LogP contribution in [0.25, 0.3) is 0 Å². The molecular weight excluding hydrogens is 751 g/mol. The van der Waals surface area contributed by atoms with Gasteiger partial charge in [0.15, 0.2) is 0 Å². The molecule has 1 amide bonds. The van der Waals surface area contributed by atoms with Crippen LogP contribution in [-0.4, -0.2) is 46.1 Å². The molecule has 0 aliphatic heterocycles. The van der Waals surface area contributed by atoms with Gasteiger partial charge in [0, 0.05) is 6.42 Å². The first-order valence-electron chi connectivity index (χ1n) is 27.6. The summed E-state index contributed by atoms with van der Waals surface area (Å²) in [6, 6.07) is -0.830. The summed E-state index contributed by atoms with van der Waals surface area (Å²) in [5.74, 6) is -0.152. The number of hydrogen-bond acceptors (Lipinski definition) is 4. The average molecular weight is 860 g/mol. The van der Waals surface area contributed by atoms with E-state index < -0.39 is 18.2 Å². The highest BCUT2D eigenvalue weighted by atomic mass is 16.3. The van der Waals surface area contributed by atoms with Gasteiger partial charge in [-0.2, -0.15) is 0 Å². The quantitative estimate of drug-likeness (QED) is 0.0362. The fourth-order valence-corrected chi connectivity index (χ4v) is 8.77. The molecule has 61 heavy (non-hydrogen) atoms. The monoisotopic (exact) mass is 860 g/mol. The van der Waals surface area contributed by atoms with Crippen molar-refractivity contribution >= 4 is 5.91 Å². The number of aliphatic hydroxyl groups excluding tert-OH is 3. The highest BCUT2D eigenvalue weighted by Crippen LogP contribution is 2.17. The molecule has 0 spiro atoms. The lowest BCUT2D eigenvalue weighted by Crippen LogP contribution is -2.50. The molecule has 3 unspecified atom stereocenters. The second kappa shape index (κ2) is 51.5. The van der Waals surface area contributed by atoms with Crippen molar-refractivity contribution in [1.82, 2.24) is 5.32 Å². The molecule has 0 aromatic carbocycles. The van der Waals surface area contributed by atoms with E-state index in [-0.39, 0.29) is 12.5 Å². The first-order chi connectivity index (χ1) is 30.1. The van der Waals surface area contributed by atoms with Gasteiger partial charge < -0.3 is 20.6 Å². The Balaban J connectivity index is 3.58. The zero-order valence-corrected chi connectivity index (χ0v) is 41.3. The molecule has 0 radical (unpaired) electrons. The number of aliphatic hydroxyl groups is 3. The average Bonchev–Trinajstić information content (AvgIpc) is 3.26. The van der Waals surface area contributed by atoms with Gasteiger partial charge in [-0.05, 0) is 51.4 Å². The predicted octanol–water partition coefficient (Wildman–Crippen LogP) is 16.9.